The summed E-state index contributed by atoms with van der Waals surface area (Å²) in [4.78, 5) is 0. The van der Waals surface area contributed by atoms with E-state index in [9.17, 15) is 17.2 Å². The second kappa shape index (κ2) is 4.41. The van der Waals surface area contributed by atoms with E-state index in [4.69, 9.17) is 10.7 Å². The zero-order chi connectivity index (χ0) is 13.6. The van der Waals surface area contributed by atoms with Crippen LogP contribution in [-0.2, 0) is 16.1 Å². The lowest BCUT2D eigenvalue weighted by Gasteiger charge is -2.27. The van der Waals surface area contributed by atoms with Crippen molar-refractivity contribution in [3.8, 4) is 0 Å². The van der Waals surface area contributed by atoms with Gasteiger partial charge in [-0.2, -0.15) is 0 Å². The molecule has 0 atom stereocenters. The van der Waals surface area contributed by atoms with E-state index in [1.165, 1.54) is 11.6 Å². The van der Waals surface area contributed by atoms with Crippen molar-refractivity contribution in [2.24, 2.45) is 7.05 Å². The third kappa shape index (κ3) is 2.64. The molecule has 0 unspecified atom stereocenters. The molecule has 0 aromatic carbocycles. The van der Waals surface area contributed by atoms with E-state index >= 15 is 0 Å². The predicted molar refractivity (Wildman–Crippen MR) is 60.2 cm³/mol. The topological polar surface area (TPSA) is 64.8 Å². The van der Waals surface area contributed by atoms with Crippen LogP contribution in [0.5, 0.6) is 0 Å². The number of aromatic nitrogens is 3. The first-order valence-electron chi connectivity index (χ1n) is 5.42. The Morgan fingerprint density at radius 1 is 1.33 bits per heavy atom. The largest absolute Gasteiger partial charge is 0.304 e. The number of rotatable bonds is 2. The van der Waals surface area contributed by atoms with Gasteiger partial charge in [0, 0.05) is 36.5 Å². The van der Waals surface area contributed by atoms with Gasteiger partial charge in [-0.15, -0.1) is 10.2 Å². The van der Waals surface area contributed by atoms with Gasteiger partial charge < -0.3 is 4.57 Å². The Bertz CT molecular complexity index is 548. The number of hydrogen-bond acceptors (Lipinski definition) is 4. The van der Waals surface area contributed by atoms with Gasteiger partial charge in [0.1, 0.15) is 5.82 Å². The van der Waals surface area contributed by atoms with Crippen molar-refractivity contribution in [1.29, 1.82) is 0 Å². The monoisotopic (exact) mass is 299 g/mol. The summed E-state index contributed by atoms with van der Waals surface area (Å²) >= 11 is 0. The van der Waals surface area contributed by atoms with Gasteiger partial charge in [0.15, 0.2) is 0 Å². The summed E-state index contributed by atoms with van der Waals surface area (Å²) in [5, 5.41) is 6.91. The first-order valence-corrected chi connectivity index (χ1v) is 7.73. The van der Waals surface area contributed by atoms with Crippen LogP contribution in [0.3, 0.4) is 0 Å². The summed E-state index contributed by atoms with van der Waals surface area (Å²) in [6.45, 7) is 0. The van der Waals surface area contributed by atoms with Crippen LogP contribution in [-0.4, -0.2) is 29.1 Å². The molecule has 18 heavy (non-hydrogen) atoms. The van der Waals surface area contributed by atoms with E-state index < -0.39 is 15.0 Å². The lowest BCUT2D eigenvalue weighted by atomic mass is 9.86. The molecule has 1 saturated carbocycles. The lowest BCUT2D eigenvalue weighted by molar-refractivity contribution is -0.0390. The molecule has 0 aliphatic heterocycles. The van der Waals surface area contributed by atoms with Crippen molar-refractivity contribution in [2.75, 3.05) is 0 Å². The molecule has 0 saturated heterocycles. The van der Waals surface area contributed by atoms with Crippen molar-refractivity contribution >= 4 is 19.7 Å². The molecular formula is C9H12ClF2N3O2S. The molecule has 1 aromatic rings. The van der Waals surface area contributed by atoms with Gasteiger partial charge in [-0.3, -0.25) is 0 Å². The van der Waals surface area contributed by atoms with E-state index in [1.807, 2.05) is 0 Å². The molecule has 0 bridgehead atoms. The molecule has 1 aromatic heterocycles. The van der Waals surface area contributed by atoms with E-state index in [1.54, 1.807) is 0 Å². The molecule has 5 nitrogen and oxygen atoms in total. The number of alkyl halides is 2. The van der Waals surface area contributed by atoms with Gasteiger partial charge >= 0.3 is 0 Å². The van der Waals surface area contributed by atoms with Gasteiger partial charge in [0.2, 0.25) is 5.92 Å². The van der Waals surface area contributed by atoms with Crippen LogP contribution in [0.4, 0.5) is 8.78 Å². The second-order valence-electron chi connectivity index (χ2n) is 4.47. The van der Waals surface area contributed by atoms with E-state index in [-0.39, 0.29) is 36.8 Å². The third-order valence-electron chi connectivity index (χ3n) is 3.17. The van der Waals surface area contributed by atoms with Crippen molar-refractivity contribution in [1.82, 2.24) is 14.8 Å². The minimum absolute atomic E-state index is 0.200. The highest BCUT2D eigenvalue weighted by molar-refractivity contribution is 8.13. The summed E-state index contributed by atoms with van der Waals surface area (Å²) in [6, 6.07) is 0. The molecule has 0 radical (unpaired) electrons. The van der Waals surface area contributed by atoms with E-state index in [2.05, 4.69) is 10.2 Å². The summed E-state index contributed by atoms with van der Waals surface area (Å²) in [5.74, 6) is -2.43. The second-order valence-corrected chi connectivity index (χ2v) is 6.93. The fourth-order valence-electron chi connectivity index (χ4n) is 2.19. The van der Waals surface area contributed by atoms with Crippen LogP contribution in [0, 0.1) is 0 Å². The summed E-state index contributed by atoms with van der Waals surface area (Å²) in [6.07, 6.45) is 0.101. The first kappa shape index (κ1) is 13.7. The highest BCUT2D eigenvalue weighted by Crippen LogP contribution is 2.40. The molecule has 1 aliphatic rings. The van der Waals surface area contributed by atoms with E-state index in [0.29, 0.717) is 5.82 Å². The average molecular weight is 300 g/mol. The Kier molecular flexibility index (Phi) is 3.35. The molecule has 0 spiro atoms. The average Bonchev–Trinajstić information content (AvgIpc) is 2.60. The maximum Gasteiger partial charge on any atom is 0.296 e. The smallest absolute Gasteiger partial charge is 0.296 e. The van der Waals surface area contributed by atoms with Crippen molar-refractivity contribution in [2.45, 2.75) is 42.7 Å². The summed E-state index contributed by atoms with van der Waals surface area (Å²) < 4.78 is 49.7. The van der Waals surface area contributed by atoms with Gasteiger partial charge in [-0.05, 0) is 12.8 Å². The van der Waals surface area contributed by atoms with Crippen LogP contribution >= 0.6 is 10.7 Å². The highest BCUT2D eigenvalue weighted by Gasteiger charge is 2.37. The molecule has 1 heterocycles. The van der Waals surface area contributed by atoms with Crippen LogP contribution in [0.15, 0.2) is 5.16 Å². The highest BCUT2D eigenvalue weighted by atomic mass is 35.7. The van der Waals surface area contributed by atoms with E-state index in [0.717, 1.165) is 0 Å². The molecule has 0 amide bonds. The zero-order valence-electron chi connectivity index (χ0n) is 9.61. The standard InChI is InChI=1S/C9H12ClF2N3O2S/c1-15-7(13-14-8(15)18(10,16)17)6-2-4-9(11,12)5-3-6/h6H,2-5H2,1H3. The van der Waals surface area contributed by atoms with Crippen LogP contribution < -0.4 is 0 Å². The Labute approximate surface area is 108 Å². The van der Waals surface area contributed by atoms with Crippen LogP contribution in [0.2, 0.25) is 0 Å². The molecule has 2 rings (SSSR count). The van der Waals surface area contributed by atoms with Crippen molar-refractivity contribution < 1.29 is 17.2 Å². The van der Waals surface area contributed by atoms with Crippen molar-refractivity contribution in [3.63, 3.8) is 0 Å². The number of nitrogens with zero attached hydrogens (tertiary/aromatic N) is 3. The minimum Gasteiger partial charge on any atom is -0.304 e. The Balaban J connectivity index is 2.24. The quantitative estimate of drug-likeness (QED) is 0.784. The molecule has 0 N–H and O–H groups in total. The lowest BCUT2D eigenvalue weighted by Crippen LogP contribution is -2.25. The Morgan fingerprint density at radius 2 is 1.89 bits per heavy atom. The van der Waals surface area contributed by atoms with Crippen LogP contribution in [0.25, 0.3) is 0 Å². The predicted octanol–water partition coefficient (Wildman–Crippen LogP) is 2.04. The Morgan fingerprint density at radius 3 is 2.33 bits per heavy atom. The third-order valence-corrected chi connectivity index (χ3v) is 4.37. The fourth-order valence-corrected chi connectivity index (χ4v) is 3.15. The summed E-state index contributed by atoms with van der Waals surface area (Å²) in [5.41, 5.74) is 0. The van der Waals surface area contributed by atoms with Crippen molar-refractivity contribution in [3.05, 3.63) is 5.82 Å². The fraction of sp³-hybridized carbons (Fsp3) is 0.778. The van der Waals surface area contributed by atoms with Gasteiger partial charge in [-0.1, -0.05) is 0 Å². The molecule has 9 heteroatoms. The van der Waals surface area contributed by atoms with Crippen LogP contribution in [0.1, 0.15) is 37.4 Å². The molecular weight excluding hydrogens is 288 g/mol. The number of hydrogen-bond donors (Lipinski definition) is 0. The minimum atomic E-state index is -3.96. The Hall–Kier alpha value is -0.760. The van der Waals surface area contributed by atoms with Gasteiger partial charge in [0.05, 0.1) is 0 Å². The summed E-state index contributed by atoms with van der Waals surface area (Å²) in [7, 11) is 2.70. The molecule has 1 aliphatic carbocycles. The first-order chi connectivity index (χ1) is 8.21. The normalized spacial score (nSPS) is 21.1. The number of halogens is 3. The van der Waals surface area contributed by atoms with Gasteiger partial charge in [0.25, 0.3) is 14.2 Å². The maximum atomic E-state index is 13.0. The van der Waals surface area contributed by atoms with Gasteiger partial charge in [-0.25, -0.2) is 17.2 Å². The molecule has 102 valence electrons. The SMILES string of the molecule is Cn1c(C2CCC(F)(F)CC2)nnc1S(=O)(=O)Cl. The molecule has 1 fully saturated rings. The maximum absolute atomic E-state index is 13.0. The zero-order valence-corrected chi connectivity index (χ0v) is 11.2.